The Kier molecular flexibility index (Phi) is 5.24. The van der Waals surface area contributed by atoms with Gasteiger partial charge in [-0.1, -0.05) is 12.1 Å². The third-order valence-electron chi connectivity index (χ3n) is 4.56. The zero-order valence-electron chi connectivity index (χ0n) is 14.3. The summed E-state index contributed by atoms with van der Waals surface area (Å²) in [5.41, 5.74) is 1.97. The van der Waals surface area contributed by atoms with Crippen molar-refractivity contribution in [2.75, 3.05) is 26.2 Å². The second-order valence-corrected chi connectivity index (χ2v) is 6.31. The molecule has 3 rings (SSSR count). The Bertz CT molecular complexity index is 703. The number of hydrogen-bond donors (Lipinski definition) is 0. The van der Waals surface area contributed by atoms with E-state index in [2.05, 4.69) is 33.0 Å². The van der Waals surface area contributed by atoms with Gasteiger partial charge in [-0.2, -0.15) is 5.26 Å². The summed E-state index contributed by atoms with van der Waals surface area (Å²) < 4.78 is 5.58. The van der Waals surface area contributed by atoms with Crippen molar-refractivity contribution in [1.29, 1.82) is 5.26 Å². The molecular formula is C18H23N5O. The van der Waals surface area contributed by atoms with E-state index in [0.29, 0.717) is 17.3 Å². The fourth-order valence-corrected chi connectivity index (χ4v) is 3.12. The quantitative estimate of drug-likeness (QED) is 0.860. The second-order valence-electron chi connectivity index (χ2n) is 6.31. The van der Waals surface area contributed by atoms with Crippen molar-refractivity contribution in [3.8, 4) is 6.07 Å². The van der Waals surface area contributed by atoms with E-state index in [9.17, 15) is 0 Å². The summed E-state index contributed by atoms with van der Waals surface area (Å²) in [4.78, 5) is 4.87. The molecule has 1 aliphatic heterocycles. The first-order chi connectivity index (χ1) is 11.7. The van der Waals surface area contributed by atoms with Crippen LogP contribution in [0.4, 0.5) is 0 Å². The van der Waals surface area contributed by atoms with E-state index >= 15 is 0 Å². The van der Waals surface area contributed by atoms with Crippen molar-refractivity contribution in [1.82, 2.24) is 20.0 Å². The molecule has 6 nitrogen and oxygen atoms in total. The minimum absolute atomic E-state index is 0.154. The number of hydrogen-bond acceptors (Lipinski definition) is 6. The third-order valence-corrected chi connectivity index (χ3v) is 4.56. The van der Waals surface area contributed by atoms with Gasteiger partial charge in [0, 0.05) is 33.1 Å². The zero-order chi connectivity index (χ0) is 16.9. The van der Waals surface area contributed by atoms with Crippen molar-refractivity contribution in [2.45, 2.75) is 32.9 Å². The van der Waals surface area contributed by atoms with E-state index in [1.54, 1.807) is 0 Å². The van der Waals surface area contributed by atoms with Gasteiger partial charge in [-0.25, -0.2) is 0 Å². The van der Waals surface area contributed by atoms with Gasteiger partial charge in [0.2, 0.25) is 11.8 Å². The molecule has 126 valence electrons. The highest BCUT2D eigenvalue weighted by Gasteiger charge is 2.23. The van der Waals surface area contributed by atoms with Crippen LogP contribution < -0.4 is 0 Å². The van der Waals surface area contributed by atoms with Gasteiger partial charge in [0.15, 0.2) is 0 Å². The summed E-state index contributed by atoms with van der Waals surface area (Å²) in [7, 11) is 0. The van der Waals surface area contributed by atoms with E-state index in [-0.39, 0.29) is 6.04 Å². The van der Waals surface area contributed by atoms with Crippen molar-refractivity contribution >= 4 is 0 Å². The molecule has 0 saturated carbocycles. The number of aryl methyl sites for hydroxylation is 1. The van der Waals surface area contributed by atoms with Crippen LogP contribution >= 0.6 is 0 Å². The molecule has 1 atom stereocenters. The highest BCUT2D eigenvalue weighted by molar-refractivity contribution is 5.31. The Morgan fingerprint density at radius 2 is 1.96 bits per heavy atom. The SMILES string of the molecule is Cc1nnc([C@H](C)N2CCCN(Cc3ccc(C#N)cc3)CC2)o1. The maximum atomic E-state index is 8.88. The molecule has 1 saturated heterocycles. The van der Waals surface area contributed by atoms with Gasteiger partial charge in [-0.15, -0.1) is 10.2 Å². The van der Waals surface area contributed by atoms with Gasteiger partial charge in [-0.05, 0) is 37.6 Å². The molecule has 1 aliphatic rings. The first kappa shape index (κ1) is 16.6. The maximum Gasteiger partial charge on any atom is 0.233 e. The minimum atomic E-state index is 0.154. The fraction of sp³-hybridized carbons (Fsp3) is 0.500. The van der Waals surface area contributed by atoms with Crippen LogP contribution in [0.5, 0.6) is 0 Å². The van der Waals surface area contributed by atoms with Crippen molar-refractivity contribution in [3.63, 3.8) is 0 Å². The topological polar surface area (TPSA) is 69.2 Å². The molecule has 0 radical (unpaired) electrons. The maximum absolute atomic E-state index is 8.88. The lowest BCUT2D eigenvalue weighted by Crippen LogP contribution is -2.32. The highest BCUT2D eigenvalue weighted by Crippen LogP contribution is 2.21. The van der Waals surface area contributed by atoms with E-state index in [1.165, 1.54) is 5.56 Å². The number of rotatable bonds is 4. The first-order valence-corrected chi connectivity index (χ1v) is 8.41. The van der Waals surface area contributed by atoms with Crippen molar-refractivity contribution in [2.24, 2.45) is 0 Å². The van der Waals surface area contributed by atoms with Gasteiger partial charge in [0.05, 0.1) is 17.7 Å². The standard InChI is InChI=1S/C18H23N5O/c1-14(18-21-20-15(2)24-18)23-9-3-8-22(10-11-23)13-17-6-4-16(12-19)5-7-17/h4-7,14H,3,8-11,13H2,1-2H3/t14-/m0/s1. The van der Waals surface area contributed by atoms with Crippen LogP contribution in [0.1, 0.15) is 42.3 Å². The number of aromatic nitrogens is 2. The smallest absolute Gasteiger partial charge is 0.233 e. The number of nitrogens with zero attached hydrogens (tertiary/aromatic N) is 5. The highest BCUT2D eigenvalue weighted by atomic mass is 16.4. The molecule has 24 heavy (non-hydrogen) atoms. The second kappa shape index (κ2) is 7.56. The van der Waals surface area contributed by atoms with E-state index in [1.807, 2.05) is 31.2 Å². The Balaban J connectivity index is 1.57. The number of nitriles is 1. The third kappa shape index (κ3) is 3.99. The Hall–Kier alpha value is -2.23. The normalized spacial score (nSPS) is 18.0. The van der Waals surface area contributed by atoms with Crippen LogP contribution in [0.3, 0.4) is 0 Å². The van der Waals surface area contributed by atoms with Crippen LogP contribution in [0, 0.1) is 18.3 Å². The Morgan fingerprint density at radius 3 is 2.62 bits per heavy atom. The van der Waals surface area contributed by atoms with Gasteiger partial charge in [-0.3, -0.25) is 9.80 Å². The summed E-state index contributed by atoms with van der Waals surface area (Å²) in [5, 5.41) is 17.0. The lowest BCUT2D eigenvalue weighted by molar-refractivity contribution is 0.183. The molecule has 1 fully saturated rings. The van der Waals surface area contributed by atoms with Crippen LogP contribution in [0.2, 0.25) is 0 Å². The van der Waals surface area contributed by atoms with Gasteiger partial charge in [0.1, 0.15) is 0 Å². The molecule has 0 N–H and O–H groups in total. The average Bonchev–Trinajstić information content (AvgIpc) is 2.90. The lowest BCUT2D eigenvalue weighted by Gasteiger charge is -2.25. The summed E-state index contributed by atoms with van der Waals surface area (Å²) in [5.74, 6) is 1.32. The Morgan fingerprint density at radius 1 is 1.17 bits per heavy atom. The summed E-state index contributed by atoms with van der Waals surface area (Å²) >= 11 is 0. The predicted molar refractivity (Wildman–Crippen MR) is 90.1 cm³/mol. The molecule has 0 spiro atoms. The molecule has 1 aromatic heterocycles. The molecule has 2 aromatic rings. The van der Waals surface area contributed by atoms with Crippen LogP contribution in [-0.2, 0) is 6.54 Å². The first-order valence-electron chi connectivity index (χ1n) is 8.41. The molecule has 0 unspecified atom stereocenters. The largest absolute Gasteiger partial charge is 0.424 e. The van der Waals surface area contributed by atoms with Gasteiger partial charge in [0.25, 0.3) is 0 Å². The van der Waals surface area contributed by atoms with Gasteiger partial charge >= 0.3 is 0 Å². The monoisotopic (exact) mass is 325 g/mol. The van der Waals surface area contributed by atoms with E-state index in [0.717, 1.165) is 39.1 Å². The molecule has 0 amide bonds. The van der Waals surface area contributed by atoms with Crippen LogP contribution in [0.15, 0.2) is 28.7 Å². The average molecular weight is 325 g/mol. The van der Waals surface area contributed by atoms with Crippen LogP contribution in [0.25, 0.3) is 0 Å². The molecule has 1 aromatic carbocycles. The van der Waals surface area contributed by atoms with Crippen molar-refractivity contribution < 1.29 is 4.42 Å². The molecule has 2 heterocycles. The molecule has 0 bridgehead atoms. The summed E-state index contributed by atoms with van der Waals surface area (Å²) in [6, 6.07) is 10.2. The molecular weight excluding hydrogens is 302 g/mol. The number of benzene rings is 1. The predicted octanol–water partition coefficient (Wildman–Crippen LogP) is 2.52. The molecule has 6 heteroatoms. The van der Waals surface area contributed by atoms with E-state index in [4.69, 9.17) is 9.68 Å². The van der Waals surface area contributed by atoms with Gasteiger partial charge < -0.3 is 4.42 Å². The Labute approximate surface area is 142 Å². The van der Waals surface area contributed by atoms with Crippen molar-refractivity contribution in [3.05, 3.63) is 47.2 Å². The lowest BCUT2D eigenvalue weighted by atomic mass is 10.1. The minimum Gasteiger partial charge on any atom is -0.424 e. The summed E-state index contributed by atoms with van der Waals surface area (Å²) in [6.45, 7) is 8.98. The van der Waals surface area contributed by atoms with E-state index < -0.39 is 0 Å². The zero-order valence-corrected chi connectivity index (χ0v) is 14.3. The summed E-state index contributed by atoms with van der Waals surface area (Å²) in [6.07, 6.45) is 1.12. The molecule has 0 aliphatic carbocycles. The van der Waals surface area contributed by atoms with Crippen LogP contribution in [-0.4, -0.2) is 46.2 Å². The fourth-order valence-electron chi connectivity index (χ4n) is 3.12.